The van der Waals surface area contributed by atoms with Crippen molar-refractivity contribution in [1.29, 1.82) is 0 Å². The van der Waals surface area contributed by atoms with E-state index in [2.05, 4.69) is 5.32 Å². The number of hydrogen-bond donors (Lipinski definition) is 1. The molecule has 1 aliphatic rings. The number of imide groups is 1. The first kappa shape index (κ1) is 18.9. The lowest BCUT2D eigenvalue weighted by Crippen LogP contribution is -2.36. The number of allylic oxidation sites excluding steroid dienone is 2. The van der Waals surface area contributed by atoms with Crippen LogP contribution in [0.2, 0.25) is 5.02 Å². The fourth-order valence-corrected chi connectivity index (χ4v) is 3.35. The molecule has 0 atom stereocenters. The van der Waals surface area contributed by atoms with Crippen LogP contribution in [0.1, 0.15) is 5.56 Å². The Morgan fingerprint density at radius 2 is 1.78 bits per heavy atom. The van der Waals surface area contributed by atoms with Crippen molar-refractivity contribution >= 4 is 52.2 Å². The standard InChI is InChI=1S/C20H15ClN2O3S/c21-16-11-5-4-7-14(16)8-6-12-17-19(25)23(20(26)27-17)13-18(24)22-15-9-2-1-3-10-15/h1-12H,13H2,(H,22,24)/b8-6+,17-12-. The summed E-state index contributed by atoms with van der Waals surface area (Å²) >= 11 is 6.87. The molecule has 136 valence electrons. The van der Waals surface area contributed by atoms with Gasteiger partial charge >= 0.3 is 0 Å². The SMILES string of the molecule is O=C(CN1C(=O)S/C(=C\C=C\c2ccccc2Cl)C1=O)Nc1ccccc1. The average molecular weight is 399 g/mol. The molecule has 0 aliphatic carbocycles. The zero-order chi connectivity index (χ0) is 19.2. The van der Waals surface area contributed by atoms with Crippen molar-refractivity contribution in [1.82, 2.24) is 4.90 Å². The van der Waals surface area contributed by atoms with Gasteiger partial charge in [0.25, 0.3) is 11.1 Å². The van der Waals surface area contributed by atoms with Crippen molar-refractivity contribution in [3.8, 4) is 0 Å². The number of benzene rings is 2. The van der Waals surface area contributed by atoms with E-state index in [0.29, 0.717) is 10.7 Å². The van der Waals surface area contributed by atoms with Crippen LogP contribution in [0.5, 0.6) is 0 Å². The predicted molar refractivity (Wildman–Crippen MR) is 108 cm³/mol. The third kappa shape index (κ3) is 4.87. The van der Waals surface area contributed by atoms with E-state index >= 15 is 0 Å². The summed E-state index contributed by atoms with van der Waals surface area (Å²) in [4.78, 5) is 37.7. The molecule has 1 heterocycles. The van der Waals surface area contributed by atoms with E-state index < -0.39 is 17.1 Å². The molecule has 7 heteroatoms. The Bertz CT molecular complexity index is 941. The summed E-state index contributed by atoms with van der Waals surface area (Å²) in [6, 6.07) is 16.1. The number of rotatable bonds is 5. The smallest absolute Gasteiger partial charge is 0.294 e. The lowest BCUT2D eigenvalue weighted by molar-refractivity contribution is -0.127. The number of carbonyl (C=O) groups excluding carboxylic acids is 3. The molecule has 1 saturated heterocycles. The van der Waals surface area contributed by atoms with Crippen LogP contribution >= 0.6 is 23.4 Å². The Morgan fingerprint density at radius 1 is 1.07 bits per heavy atom. The van der Waals surface area contributed by atoms with E-state index in [9.17, 15) is 14.4 Å². The molecule has 1 N–H and O–H groups in total. The number of amides is 3. The van der Waals surface area contributed by atoms with Gasteiger partial charge in [-0.1, -0.05) is 60.2 Å². The summed E-state index contributed by atoms with van der Waals surface area (Å²) < 4.78 is 0. The van der Waals surface area contributed by atoms with Crippen molar-refractivity contribution in [2.24, 2.45) is 0 Å². The zero-order valence-electron chi connectivity index (χ0n) is 14.1. The fraction of sp³-hybridized carbons (Fsp3) is 0.0500. The first-order chi connectivity index (χ1) is 13.0. The molecular weight excluding hydrogens is 384 g/mol. The molecular formula is C20H15ClN2O3S. The Labute approximate surface area is 165 Å². The van der Waals surface area contributed by atoms with Crippen LogP contribution in [-0.4, -0.2) is 28.5 Å². The Balaban J connectivity index is 1.64. The monoisotopic (exact) mass is 398 g/mol. The molecule has 2 aromatic rings. The van der Waals surface area contributed by atoms with E-state index in [1.54, 1.807) is 48.6 Å². The van der Waals surface area contributed by atoms with Crippen molar-refractivity contribution < 1.29 is 14.4 Å². The summed E-state index contributed by atoms with van der Waals surface area (Å²) in [6.07, 6.45) is 4.95. The largest absolute Gasteiger partial charge is 0.325 e. The second-order valence-electron chi connectivity index (χ2n) is 5.59. The summed E-state index contributed by atoms with van der Waals surface area (Å²) in [5.74, 6) is -0.923. The highest BCUT2D eigenvalue weighted by atomic mass is 35.5. The number of thioether (sulfide) groups is 1. The van der Waals surface area contributed by atoms with E-state index in [0.717, 1.165) is 22.2 Å². The first-order valence-corrected chi connectivity index (χ1v) is 9.25. The highest BCUT2D eigenvalue weighted by Gasteiger charge is 2.35. The Morgan fingerprint density at radius 3 is 2.52 bits per heavy atom. The van der Waals surface area contributed by atoms with Gasteiger partial charge in [-0.05, 0) is 41.6 Å². The molecule has 0 unspecified atom stereocenters. The van der Waals surface area contributed by atoms with Crippen molar-refractivity contribution in [3.05, 3.63) is 82.2 Å². The summed E-state index contributed by atoms with van der Waals surface area (Å²) in [6.45, 7) is -0.328. The molecule has 1 aliphatic heterocycles. The zero-order valence-corrected chi connectivity index (χ0v) is 15.7. The van der Waals surface area contributed by atoms with Crippen LogP contribution in [0.4, 0.5) is 10.5 Å². The van der Waals surface area contributed by atoms with Gasteiger partial charge in [0.1, 0.15) is 6.54 Å². The van der Waals surface area contributed by atoms with Gasteiger partial charge in [0.05, 0.1) is 4.91 Å². The molecule has 2 aromatic carbocycles. The highest BCUT2D eigenvalue weighted by Crippen LogP contribution is 2.30. The van der Waals surface area contributed by atoms with Gasteiger partial charge in [-0.3, -0.25) is 19.3 Å². The van der Waals surface area contributed by atoms with Gasteiger partial charge < -0.3 is 5.32 Å². The van der Waals surface area contributed by atoms with Gasteiger partial charge in [-0.2, -0.15) is 0 Å². The Kier molecular flexibility index (Phi) is 6.11. The lowest BCUT2D eigenvalue weighted by atomic mass is 10.2. The van der Waals surface area contributed by atoms with Crippen LogP contribution in [0.25, 0.3) is 6.08 Å². The van der Waals surface area contributed by atoms with Crippen LogP contribution < -0.4 is 5.32 Å². The van der Waals surface area contributed by atoms with Crippen LogP contribution in [-0.2, 0) is 9.59 Å². The van der Waals surface area contributed by atoms with Crippen molar-refractivity contribution in [2.45, 2.75) is 0 Å². The minimum atomic E-state index is -0.489. The number of para-hydroxylation sites is 1. The van der Waals surface area contributed by atoms with Gasteiger partial charge in [0, 0.05) is 10.7 Å². The maximum absolute atomic E-state index is 12.4. The van der Waals surface area contributed by atoms with Crippen molar-refractivity contribution in [3.63, 3.8) is 0 Å². The average Bonchev–Trinajstić information content (AvgIpc) is 2.92. The summed E-state index contributed by atoms with van der Waals surface area (Å²) in [5.41, 5.74) is 1.41. The van der Waals surface area contributed by atoms with Gasteiger partial charge in [0.2, 0.25) is 5.91 Å². The number of anilines is 1. The third-order valence-electron chi connectivity index (χ3n) is 3.66. The van der Waals surface area contributed by atoms with E-state index in [-0.39, 0.29) is 11.4 Å². The van der Waals surface area contributed by atoms with Crippen molar-refractivity contribution in [2.75, 3.05) is 11.9 Å². The number of halogens is 1. The fourth-order valence-electron chi connectivity index (χ4n) is 2.37. The predicted octanol–water partition coefficient (Wildman–Crippen LogP) is 4.57. The quantitative estimate of drug-likeness (QED) is 0.749. The first-order valence-electron chi connectivity index (χ1n) is 8.06. The molecule has 0 bridgehead atoms. The van der Waals surface area contributed by atoms with Gasteiger partial charge in [0.15, 0.2) is 0 Å². The topological polar surface area (TPSA) is 66.5 Å². The van der Waals surface area contributed by atoms with E-state index in [1.807, 2.05) is 24.3 Å². The number of carbonyl (C=O) groups is 3. The van der Waals surface area contributed by atoms with E-state index in [4.69, 9.17) is 11.6 Å². The molecule has 5 nitrogen and oxygen atoms in total. The lowest BCUT2D eigenvalue weighted by Gasteiger charge is -2.12. The molecule has 0 radical (unpaired) electrons. The number of hydrogen-bond acceptors (Lipinski definition) is 4. The molecule has 0 aromatic heterocycles. The maximum Gasteiger partial charge on any atom is 0.294 e. The Hall–Kier alpha value is -2.83. The second kappa shape index (κ2) is 8.70. The minimum Gasteiger partial charge on any atom is -0.325 e. The number of nitrogens with one attached hydrogen (secondary N) is 1. The summed E-state index contributed by atoms with van der Waals surface area (Å²) in [5, 5.41) is 2.77. The maximum atomic E-state index is 12.4. The number of nitrogens with zero attached hydrogens (tertiary/aromatic N) is 1. The summed E-state index contributed by atoms with van der Waals surface area (Å²) in [7, 11) is 0. The van der Waals surface area contributed by atoms with Crippen LogP contribution in [0, 0.1) is 0 Å². The van der Waals surface area contributed by atoms with Crippen LogP contribution in [0.3, 0.4) is 0 Å². The molecule has 0 saturated carbocycles. The van der Waals surface area contributed by atoms with Gasteiger partial charge in [-0.25, -0.2) is 0 Å². The molecule has 0 spiro atoms. The molecule has 3 amide bonds. The third-order valence-corrected chi connectivity index (χ3v) is 4.93. The van der Waals surface area contributed by atoms with Crippen LogP contribution in [0.15, 0.2) is 71.7 Å². The normalized spacial score (nSPS) is 15.7. The molecule has 1 fully saturated rings. The molecule has 27 heavy (non-hydrogen) atoms. The minimum absolute atomic E-state index is 0.260. The van der Waals surface area contributed by atoms with Gasteiger partial charge in [-0.15, -0.1) is 0 Å². The second-order valence-corrected chi connectivity index (χ2v) is 6.99. The molecule has 3 rings (SSSR count). The highest BCUT2D eigenvalue weighted by molar-refractivity contribution is 8.18. The van der Waals surface area contributed by atoms with E-state index in [1.165, 1.54) is 0 Å².